The first-order chi connectivity index (χ1) is 33.7. The van der Waals surface area contributed by atoms with Crippen LogP contribution in [0.3, 0.4) is 0 Å². The van der Waals surface area contributed by atoms with Crippen LogP contribution in [0.4, 0.5) is 17.1 Å². The first-order valence-electron chi connectivity index (χ1n) is 23.3. The molecule has 0 spiro atoms. The van der Waals surface area contributed by atoms with Crippen LogP contribution in [0.15, 0.2) is 265 Å². The second-order valence-corrected chi connectivity index (χ2v) is 17.5. The van der Waals surface area contributed by atoms with E-state index in [-0.39, 0.29) is 0 Å². The Hall–Kier alpha value is -8.98. The number of anilines is 3. The molecule has 12 aromatic carbocycles. The molecule has 68 heavy (non-hydrogen) atoms. The largest absolute Gasteiger partial charge is 0.455 e. The van der Waals surface area contributed by atoms with Crippen LogP contribution in [0, 0.1) is 0 Å². The molecule has 0 amide bonds. The van der Waals surface area contributed by atoms with Crippen molar-refractivity contribution in [3.8, 4) is 55.6 Å². The van der Waals surface area contributed by atoms with Gasteiger partial charge in [0.25, 0.3) is 0 Å². The van der Waals surface area contributed by atoms with Gasteiger partial charge in [-0.2, -0.15) is 0 Å². The fourth-order valence-electron chi connectivity index (χ4n) is 10.5. The lowest BCUT2D eigenvalue weighted by Crippen LogP contribution is -2.11. The SMILES string of the molecule is c1ccc(-c2c(-c3ccccc3)c3cc(-c4ccccc4N(c4ccc(-c5cccc6ccccc56)cc4)c4ccc(-c5cccc6c5oc5ccccc56)cc4)ccc3c3ccccc23)cc1. The van der Waals surface area contributed by atoms with Crippen molar-refractivity contribution in [3.63, 3.8) is 0 Å². The Kier molecular flexibility index (Phi) is 9.54. The summed E-state index contributed by atoms with van der Waals surface area (Å²) in [5.74, 6) is 0. The van der Waals surface area contributed by atoms with Crippen molar-refractivity contribution in [2.75, 3.05) is 4.90 Å². The Morgan fingerprint density at radius 1 is 0.265 bits per heavy atom. The Balaban J connectivity index is 1.00. The van der Waals surface area contributed by atoms with E-state index in [1.165, 1.54) is 65.7 Å². The van der Waals surface area contributed by atoms with Crippen LogP contribution in [-0.4, -0.2) is 0 Å². The molecule has 0 unspecified atom stereocenters. The van der Waals surface area contributed by atoms with Crippen LogP contribution >= 0.6 is 0 Å². The van der Waals surface area contributed by atoms with E-state index in [1.807, 2.05) is 12.1 Å². The first-order valence-corrected chi connectivity index (χ1v) is 23.3. The van der Waals surface area contributed by atoms with Gasteiger partial charge in [0.15, 0.2) is 0 Å². The van der Waals surface area contributed by atoms with E-state index in [0.717, 1.165) is 61.3 Å². The molecule has 0 atom stereocenters. The molecule has 0 N–H and O–H groups in total. The number of fused-ring (bicyclic) bond motifs is 7. The lowest BCUT2D eigenvalue weighted by molar-refractivity contribution is 0.670. The van der Waals surface area contributed by atoms with Crippen molar-refractivity contribution in [3.05, 3.63) is 261 Å². The van der Waals surface area contributed by atoms with Gasteiger partial charge in [-0.05, 0) is 119 Å². The Morgan fingerprint density at radius 3 is 1.49 bits per heavy atom. The average molecular weight is 866 g/mol. The minimum absolute atomic E-state index is 0.898. The molecule has 2 heteroatoms. The summed E-state index contributed by atoms with van der Waals surface area (Å²) in [4.78, 5) is 2.41. The van der Waals surface area contributed by atoms with E-state index >= 15 is 0 Å². The molecular weight excluding hydrogens is 823 g/mol. The van der Waals surface area contributed by atoms with Crippen LogP contribution in [0.1, 0.15) is 0 Å². The van der Waals surface area contributed by atoms with Gasteiger partial charge in [-0.15, -0.1) is 0 Å². The van der Waals surface area contributed by atoms with Crippen molar-refractivity contribution in [2.24, 2.45) is 0 Å². The first kappa shape index (κ1) is 39.4. The molecule has 13 aromatic rings. The maximum atomic E-state index is 6.51. The summed E-state index contributed by atoms with van der Waals surface area (Å²) >= 11 is 0. The van der Waals surface area contributed by atoms with Crippen LogP contribution in [-0.2, 0) is 0 Å². The Morgan fingerprint density at radius 2 is 0.750 bits per heavy atom. The highest BCUT2D eigenvalue weighted by atomic mass is 16.3. The molecule has 0 radical (unpaired) electrons. The van der Waals surface area contributed by atoms with Crippen LogP contribution in [0.5, 0.6) is 0 Å². The normalized spacial score (nSPS) is 11.5. The standard InChI is InChI=1S/C66H43NO/c1-3-18-47(19-4-1)64-59-27-10-9-25-56(59)57-42-37-49(43-61(57)65(64)48-20-5-2-6-21-48)54-24-11-13-31-62(54)67(50-38-33-45(34-39-50)53-28-15-22-44-17-7-8-23-52(44)53)51-40-35-46(36-41-51)55-29-16-30-60-58-26-12-14-32-63(58)68-66(55)60/h1-43H. The lowest BCUT2D eigenvalue weighted by Gasteiger charge is -2.28. The number of para-hydroxylation sites is 3. The van der Waals surface area contributed by atoms with Gasteiger partial charge in [0.1, 0.15) is 11.2 Å². The van der Waals surface area contributed by atoms with E-state index in [1.54, 1.807) is 0 Å². The fourth-order valence-corrected chi connectivity index (χ4v) is 10.5. The number of rotatable bonds is 8. The predicted molar refractivity (Wildman–Crippen MR) is 288 cm³/mol. The molecule has 0 bridgehead atoms. The lowest BCUT2D eigenvalue weighted by atomic mass is 9.84. The molecule has 0 aliphatic heterocycles. The average Bonchev–Trinajstić information content (AvgIpc) is 3.80. The zero-order valence-corrected chi connectivity index (χ0v) is 37.2. The topological polar surface area (TPSA) is 16.4 Å². The molecule has 0 aliphatic rings. The molecule has 318 valence electrons. The smallest absolute Gasteiger partial charge is 0.143 e. The molecule has 0 fully saturated rings. The maximum Gasteiger partial charge on any atom is 0.143 e. The molecule has 0 saturated carbocycles. The molecule has 0 aliphatic carbocycles. The summed E-state index contributed by atoms with van der Waals surface area (Å²) in [6.07, 6.45) is 0. The van der Waals surface area contributed by atoms with Gasteiger partial charge in [-0.1, -0.05) is 218 Å². The third-order valence-corrected chi connectivity index (χ3v) is 13.7. The van der Waals surface area contributed by atoms with E-state index in [0.29, 0.717) is 0 Å². The molecule has 0 saturated heterocycles. The van der Waals surface area contributed by atoms with E-state index in [9.17, 15) is 0 Å². The number of hydrogen-bond acceptors (Lipinski definition) is 2. The highest BCUT2D eigenvalue weighted by Crippen LogP contribution is 2.48. The summed E-state index contributed by atoms with van der Waals surface area (Å²) in [5.41, 5.74) is 16.7. The fraction of sp³-hybridized carbons (Fsp3) is 0. The summed E-state index contributed by atoms with van der Waals surface area (Å²) in [7, 11) is 0. The van der Waals surface area contributed by atoms with Crippen LogP contribution in [0.25, 0.3) is 110 Å². The summed E-state index contributed by atoms with van der Waals surface area (Å²) in [6, 6.07) is 94.5. The van der Waals surface area contributed by atoms with E-state index < -0.39 is 0 Å². The zero-order valence-electron chi connectivity index (χ0n) is 37.2. The molecular formula is C66H43NO. The molecule has 13 rings (SSSR count). The third kappa shape index (κ3) is 6.65. The number of hydrogen-bond donors (Lipinski definition) is 0. The highest BCUT2D eigenvalue weighted by molar-refractivity contribution is 6.22. The van der Waals surface area contributed by atoms with Crippen molar-refractivity contribution >= 4 is 71.3 Å². The minimum atomic E-state index is 0.898. The van der Waals surface area contributed by atoms with E-state index in [2.05, 4.69) is 254 Å². The van der Waals surface area contributed by atoms with Gasteiger partial charge in [0.05, 0.1) is 5.69 Å². The van der Waals surface area contributed by atoms with Gasteiger partial charge in [0, 0.05) is 33.3 Å². The Bertz CT molecular complexity index is 3990. The Labute approximate surface area is 395 Å². The number of benzene rings is 12. The van der Waals surface area contributed by atoms with Crippen molar-refractivity contribution in [1.29, 1.82) is 0 Å². The predicted octanol–water partition coefficient (Wildman–Crippen LogP) is 18.9. The summed E-state index contributed by atoms with van der Waals surface area (Å²) in [6.45, 7) is 0. The summed E-state index contributed by atoms with van der Waals surface area (Å²) < 4.78 is 6.51. The molecule has 2 nitrogen and oxygen atoms in total. The second kappa shape index (κ2) is 16.5. The van der Waals surface area contributed by atoms with Crippen LogP contribution in [0.2, 0.25) is 0 Å². The van der Waals surface area contributed by atoms with E-state index in [4.69, 9.17) is 4.42 Å². The maximum absolute atomic E-state index is 6.51. The quantitative estimate of drug-likeness (QED) is 0.142. The van der Waals surface area contributed by atoms with Crippen molar-refractivity contribution in [1.82, 2.24) is 0 Å². The summed E-state index contributed by atoms with van der Waals surface area (Å²) in [5, 5.41) is 9.67. The van der Waals surface area contributed by atoms with Crippen molar-refractivity contribution in [2.45, 2.75) is 0 Å². The molecule has 1 heterocycles. The van der Waals surface area contributed by atoms with Crippen LogP contribution < -0.4 is 4.90 Å². The number of nitrogens with zero attached hydrogens (tertiary/aromatic N) is 1. The number of furan rings is 1. The van der Waals surface area contributed by atoms with Crippen molar-refractivity contribution < 1.29 is 4.42 Å². The zero-order chi connectivity index (χ0) is 45.0. The highest BCUT2D eigenvalue weighted by Gasteiger charge is 2.22. The van der Waals surface area contributed by atoms with Gasteiger partial charge in [-0.25, -0.2) is 0 Å². The van der Waals surface area contributed by atoms with Gasteiger partial charge >= 0.3 is 0 Å². The molecule has 1 aromatic heterocycles. The monoisotopic (exact) mass is 865 g/mol. The van der Waals surface area contributed by atoms with Gasteiger partial charge in [-0.3, -0.25) is 0 Å². The second-order valence-electron chi connectivity index (χ2n) is 17.5. The third-order valence-electron chi connectivity index (χ3n) is 13.7. The minimum Gasteiger partial charge on any atom is -0.455 e. The van der Waals surface area contributed by atoms with Gasteiger partial charge < -0.3 is 9.32 Å². The van der Waals surface area contributed by atoms with Gasteiger partial charge in [0.2, 0.25) is 0 Å².